The molecule has 0 bridgehead atoms. The largest absolute Gasteiger partial charge is 0.484 e. The first-order valence-electron chi connectivity index (χ1n) is 7.29. The van der Waals surface area contributed by atoms with Crippen molar-refractivity contribution in [2.45, 2.75) is 19.9 Å². The van der Waals surface area contributed by atoms with Gasteiger partial charge in [-0.1, -0.05) is 50.2 Å². The Morgan fingerprint density at radius 3 is 2.50 bits per heavy atom. The van der Waals surface area contributed by atoms with Crippen molar-refractivity contribution < 1.29 is 13.9 Å². The Hall–Kier alpha value is -2.36. The topological polar surface area (TPSA) is 38.3 Å². The summed E-state index contributed by atoms with van der Waals surface area (Å²) in [5, 5.41) is 2.96. The zero-order chi connectivity index (χ0) is 15.9. The number of nitrogens with one attached hydrogen (secondary N) is 1. The lowest BCUT2D eigenvalue weighted by molar-refractivity contribution is -0.124. The fraction of sp³-hybridized carbons (Fsp3) is 0.278. The summed E-state index contributed by atoms with van der Waals surface area (Å²) in [5.74, 6) is -0.0226. The molecule has 1 amide bonds. The molecule has 0 aliphatic heterocycles. The summed E-state index contributed by atoms with van der Waals surface area (Å²) in [4.78, 5) is 12.1. The maximum atomic E-state index is 13.0. The number of halogens is 1. The van der Waals surface area contributed by atoms with Gasteiger partial charge in [0.15, 0.2) is 6.61 Å². The lowest BCUT2D eigenvalue weighted by atomic mass is 9.96. The van der Waals surface area contributed by atoms with Crippen molar-refractivity contribution in [3.63, 3.8) is 0 Å². The molecule has 0 fully saturated rings. The number of benzene rings is 2. The molecule has 1 N–H and O–H groups in total. The van der Waals surface area contributed by atoms with Gasteiger partial charge >= 0.3 is 0 Å². The number of ether oxygens (including phenoxy) is 1. The maximum absolute atomic E-state index is 13.0. The number of carbonyl (C=O) groups is 1. The molecule has 0 saturated carbocycles. The van der Waals surface area contributed by atoms with Crippen LogP contribution in [0.15, 0.2) is 54.6 Å². The molecule has 116 valence electrons. The van der Waals surface area contributed by atoms with Gasteiger partial charge < -0.3 is 10.1 Å². The summed E-state index contributed by atoms with van der Waals surface area (Å²) in [6.07, 6.45) is 0. The van der Waals surface area contributed by atoms with Crippen LogP contribution >= 0.6 is 0 Å². The van der Waals surface area contributed by atoms with Crippen LogP contribution in [-0.2, 0) is 4.79 Å². The van der Waals surface area contributed by atoms with Gasteiger partial charge in [0.05, 0.1) is 6.04 Å². The number of hydrogen-bond acceptors (Lipinski definition) is 2. The van der Waals surface area contributed by atoms with E-state index in [0.29, 0.717) is 5.75 Å². The molecule has 2 aromatic rings. The Bertz CT molecular complexity index is 613. The minimum atomic E-state index is -0.387. The Balaban J connectivity index is 1.94. The van der Waals surface area contributed by atoms with Gasteiger partial charge in [-0.15, -0.1) is 0 Å². The van der Waals surface area contributed by atoms with Crippen molar-refractivity contribution in [3.8, 4) is 5.75 Å². The minimum Gasteiger partial charge on any atom is -0.484 e. The van der Waals surface area contributed by atoms with Crippen molar-refractivity contribution in [1.82, 2.24) is 5.32 Å². The standard InChI is InChI=1S/C18H20FNO2/c1-13(2)18(14-7-4-3-5-8-14)20-17(21)12-22-16-10-6-9-15(19)11-16/h3-11,13,18H,12H2,1-2H3,(H,20,21)/t18-/m0/s1. The molecule has 0 unspecified atom stereocenters. The molecule has 2 rings (SSSR count). The van der Waals surface area contributed by atoms with Crippen molar-refractivity contribution in [2.75, 3.05) is 6.61 Å². The summed E-state index contributed by atoms with van der Waals surface area (Å²) in [5.41, 5.74) is 1.05. The third-order valence-corrected chi connectivity index (χ3v) is 3.31. The van der Waals surface area contributed by atoms with E-state index in [9.17, 15) is 9.18 Å². The van der Waals surface area contributed by atoms with Crippen LogP contribution in [0.5, 0.6) is 5.75 Å². The smallest absolute Gasteiger partial charge is 0.258 e. The minimum absolute atomic E-state index is 0.0789. The SMILES string of the molecule is CC(C)[C@H](NC(=O)COc1cccc(F)c1)c1ccccc1. The van der Waals surface area contributed by atoms with Crippen LogP contribution in [0.2, 0.25) is 0 Å². The summed E-state index contributed by atoms with van der Waals surface area (Å²) < 4.78 is 18.4. The molecule has 0 spiro atoms. The fourth-order valence-corrected chi connectivity index (χ4v) is 2.22. The van der Waals surface area contributed by atoms with Gasteiger partial charge in [-0.3, -0.25) is 4.79 Å². The summed E-state index contributed by atoms with van der Waals surface area (Å²) in [6, 6.07) is 15.5. The normalized spacial score (nSPS) is 12.0. The second-order valence-electron chi connectivity index (χ2n) is 5.45. The Kier molecular flexibility index (Phi) is 5.53. The third kappa shape index (κ3) is 4.58. The van der Waals surface area contributed by atoms with Gasteiger partial charge in [0, 0.05) is 6.07 Å². The molecule has 0 radical (unpaired) electrons. The van der Waals surface area contributed by atoms with Gasteiger partial charge in [-0.05, 0) is 23.6 Å². The highest BCUT2D eigenvalue weighted by Crippen LogP contribution is 2.21. The highest BCUT2D eigenvalue weighted by Gasteiger charge is 2.18. The maximum Gasteiger partial charge on any atom is 0.258 e. The van der Waals surface area contributed by atoms with Crippen LogP contribution in [0.4, 0.5) is 4.39 Å². The molecule has 2 aromatic carbocycles. The van der Waals surface area contributed by atoms with E-state index < -0.39 is 0 Å². The quantitative estimate of drug-likeness (QED) is 0.883. The van der Waals surface area contributed by atoms with Crippen LogP contribution < -0.4 is 10.1 Å². The van der Waals surface area contributed by atoms with Crippen LogP contribution in [0, 0.1) is 11.7 Å². The number of rotatable bonds is 6. The Morgan fingerprint density at radius 2 is 1.86 bits per heavy atom. The molecule has 0 aromatic heterocycles. The van der Waals surface area contributed by atoms with E-state index in [0.717, 1.165) is 5.56 Å². The zero-order valence-corrected chi connectivity index (χ0v) is 12.8. The van der Waals surface area contributed by atoms with Crippen LogP contribution in [0.1, 0.15) is 25.5 Å². The Labute approximate surface area is 130 Å². The molecular formula is C18H20FNO2. The molecule has 0 saturated heterocycles. The van der Waals surface area contributed by atoms with E-state index in [2.05, 4.69) is 5.32 Å². The van der Waals surface area contributed by atoms with Crippen molar-refractivity contribution >= 4 is 5.91 Å². The van der Waals surface area contributed by atoms with Crippen LogP contribution in [0.3, 0.4) is 0 Å². The van der Waals surface area contributed by atoms with Gasteiger partial charge in [0.2, 0.25) is 0 Å². The second kappa shape index (κ2) is 7.59. The van der Waals surface area contributed by atoms with E-state index in [1.165, 1.54) is 12.1 Å². The van der Waals surface area contributed by atoms with Gasteiger partial charge in [-0.25, -0.2) is 4.39 Å². The lowest BCUT2D eigenvalue weighted by Gasteiger charge is -2.23. The van der Waals surface area contributed by atoms with Crippen molar-refractivity contribution in [2.24, 2.45) is 5.92 Å². The average Bonchev–Trinajstić information content (AvgIpc) is 2.51. The predicted molar refractivity (Wildman–Crippen MR) is 84.1 cm³/mol. The van der Waals surface area contributed by atoms with E-state index in [4.69, 9.17) is 4.74 Å². The van der Waals surface area contributed by atoms with E-state index in [-0.39, 0.29) is 30.3 Å². The van der Waals surface area contributed by atoms with Crippen LogP contribution in [0.25, 0.3) is 0 Å². The first-order chi connectivity index (χ1) is 10.6. The molecule has 0 aliphatic carbocycles. The van der Waals surface area contributed by atoms with Gasteiger partial charge in [0.1, 0.15) is 11.6 Å². The second-order valence-corrected chi connectivity index (χ2v) is 5.45. The lowest BCUT2D eigenvalue weighted by Crippen LogP contribution is -2.35. The number of carbonyl (C=O) groups excluding carboxylic acids is 1. The van der Waals surface area contributed by atoms with E-state index >= 15 is 0 Å². The van der Waals surface area contributed by atoms with E-state index in [1.807, 2.05) is 44.2 Å². The third-order valence-electron chi connectivity index (χ3n) is 3.31. The van der Waals surface area contributed by atoms with Crippen LogP contribution in [-0.4, -0.2) is 12.5 Å². The molecule has 0 aliphatic rings. The first kappa shape index (κ1) is 16.0. The van der Waals surface area contributed by atoms with Crippen molar-refractivity contribution in [3.05, 3.63) is 66.0 Å². The summed E-state index contributed by atoms with van der Waals surface area (Å²) in [7, 11) is 0. The average molecular weight is 301 g/mol. The van der Waals surface area contributed by atoms with Gasteiger partial charge in [0.25, 0.3) is 5.91 Å². The Morgan fingerprint density at radius 1 is 1.14 bits per heavy atom. The van der Waals surface area contributed by atoms with E-state index in [1.54, 1.807) is 12.1 Å². The fourth-order valence-electron chi connectivity index (χ4n) is 2.22. The van der Waals surface area contributed by atoms with Crippen molar-refractivity contribution in [1.29, 1.82) is 0 Å². The molecular weight excluding hydrogens is 281 g/mol. The predicted octanol–water partition coefficient (Wildman–Crippen LogP) is 3.72. The molecule has 4 heteroatoms. The molecule has 1 atom stereocenters. The molecule has 0 heterocycles. The molecule has 22 heavy (non-hydrogen) atoms. The molecule has 3 nitrogen and oxygen atoms in total. The highest BCUT2D eigenvalue weighted by atomic mass is 19.1. The summed E-state index contributed by atoms with van der Waals surface area (Å²) >= 11 is 0. The number of hydrogen-bond donors (Lipinski definition) is 1. The van der Waals surface area contributed by atoms with Gasteiger partial charge in [-0.2, -0.15) is 0 Å². The highest BCUT2D eigenvalue weighted by molar-refractivity contribution is 5.78. The monoisotopic (exact) mass is 301 g/mol. The number of amides is 1. The first-order valence-corrected chi connectivity index (χ1v) is 7.29. The summed E-state index contributed by atoms with van der Waals surface area (Å²) in [6.45, 7) is 3.95. The zero-order valence-electron chi connectivity index (χ0n) is 12.8.